The van der Waals surface area contributed by atoms with Gasteiger partial charge in [0.05, 0.1) is 17.7 Å². The number of rotatable bonds is 1. The van der Waals surface area contributed by atoms with E-state index in [1.165, 1.54) is 12.1 Å². The molecule has 3 nitrogen and oxygen atoms in total. The smallest absolute Gasteiger partial charge is 0.273 e. The molecule has 0 bridgehead atoms. The summed E-state index contributed by atoms with van der Waals surface area (Å²) >= 11 is 0. The molecular formula is C10H7F3N2O. The van der Waals surface area contributed by atoms with E-state index in [9.17, 15) is 18.0 Å². The second-order valence-electron chi connectivity index (χ2n) is 3.35. The van der Waals surface area contributed by atoms with Crippen molar-refractivity contribution in [2.45, 2.75) is 12.6 Å². The highest BCUT2D eigenvalue weighted by molar-refractivity contribution is 6.13. The zero-order valence-electron chi connectivity index (χ0n) is 8.01. The molecule has 1 amide bonds. The molecule has 1 aromatic rings. The predicted octanol–water partition coefficient (Wildman–Crippen LogP) is 1.93. The maximum atomic E-state index is 12.4. The van der Waals surface area contributed by atoms with Crippen molar-refractivity contribution < 1.29 is 18.0 Å². The van der Waals surface area contributed by atoms with E-state index >= 15 is 0 Å². The highest BCUT2D eigenvalue weighted by atomic mass is 19.4. The molecule has 0 spiro atoms. The molecule has 0 aromatic heterocycles. The maximum Gasteiger partial charge on any atom is 0.416 e. The normalized spacial score (nSPS) is 15.9. The van der Waals surface area contributed by atoms with Crippen LogP contribution in [0.25, 0.3) is 0 Å². The second kappa shape index (κ2) is 3.62. The fourth-order valence-electron chi connectivity index (χ4n) is 1.40. The van der Waals surface area contributed by atoms with E-state index in [0.29, 0.717) is 11.3 Å². The Bertz CT molecular complexity index is 465. The number of nitrogens with one attached hydrogen (secondary N) is 1. The molecule has 0 aliphatic carbocycles. The Balaban J connectivity index is 2.33. The second-order valence-corrected chi connectivity index (χ2v) is 3.35. The van der Waals surface area contributed by atoms with Crippen molar-refractivity contribution in [1.82, 2.24) is 5.43 Å². The number of hydrogen-bond donors (Lipinski definition) is 1. The SMILES string of the molecule is O=C1CC(c2cccc(C(F)(F)F)c2)=NN1. The summed E-state index contributed by atoms with van der Waals surface area (Å²) in [6.45, 7) is 0. The first-order chi connectivity index (χ1) is 7.47. The zero-order chi connectivity index (χ0) is 11.8. The fraction of sp³-hybridized carbons (Fsp3) is 0.200. The van der Waals surface area contributed by atoms with Gasteiger partial charge in [-0.15, -0.1) is 0 Å². The molecular weight excluding hydrogens is 221 g/mol. The molecule has 1 aliphatic heterocycles. The van der Waals surface area contributed by atoms with E-state index in [-0.39, 0.29) is 12.3 Å². The van der Waals surface area contributed by atoms with Crippen molar-refractivity contribution in [3.63, 3.8) is 0 Å². The summed E-state index contributed by atoms with van der Waals surface area (Å²) in [4.78, 5) is 10.9. The van der Waals surface area contributed by atoms with Gasteiger partial charge >= 0.3 is 6.18 Å². The van der Waals surface area contributed by atoms with E-state index in [2.05, 4.69) is 10.5 Å². The molecule has 0 unspecified atom stereocenters. The Morgan fingerprint density at radius 1 is 1.31 bits per heavy atom. The quantitative estimate of drug-likeness (QED) is 0.783. The van der Waals surface area contributed by atoms with Gasteiger partial charge in [-0.05, 0) is 17.7 Å². The zero-order valence-corrected chi connectivity index (χ0v) is 8.01. The van der Waals surface area contributed by atoms with Gasteiger partial charge in [-0.25, -0.2) is 5.43 Å². The first-order valence-electron chi connectivity index (χ1n) is 4.50. The van der Waals surface area contributed by atoms with E-state index in [0.717, 1.165) is 12.1 Å². The number of halogens is 3. The number of carbonyl (C=O) groups excluding carboxylic acids is 1. The van der Waals surface area contributed by atoms with Crippen molar-refractivity contribution in [3.05, 3.63) is 35.4 Å². The lowest BCUT2D eigenvalue weighted by Gasteiger charge is -2.07. The summed E-state index contributed by atoms with van der Waals surface area (Å²) in [5.41, 5.74) is 2.09. The van der Waals surface area contributed by atoms with Crippen LogP contribution in [0.5, 0.6) is 0 Å². The topological polar surface area (TPSA) is 41.5 Å². The fourth-order valence-corrected chi connectivity index (χ4v) is 1.40. The van der Waals surface area contributed by atoms with Gasteiger partial charge in [-0.3, -0.25) is 4.79 Å². The van der Waals surface area contributed by atoms with E-state index < -0.39 is 11.7 Å². The summed E-state index contributed by atoms with van der Waals surface area (Å²) in [7, 11) is 0. The Morgan fingerprint density at radius 2 is 2.06 bits per heavy atom. The average molecular weight is 228 g/mol. The molecule has 6 heteroatoms. The molecule has 1 aliphatic rings. The molecule has 0 saturated carbocycles. The van der Waals surface area contributed by atoms with Crippen LogP contribution in [0.15, 0.2) is 29.4 Å². The largest absolute Gasteiger partial charge is 0.416 e. The third-order valence-electron chi connectivity index (χ3n) is 2.17. The third-order valence-corrected chi connectivity index (χ3v) is 2.17. The maximum absolute atomic E-state index is 12.4. The summed E-state index contributed by atoms with van der Waals surface area (Å²) < 4.78 is 37.2. The number of carbonyl (C=O) groups is 1. The van der Waals surface area contributed by atoms with Gasteiger partial charge in [0.2, 0.25) is 5.91 Å². The number of alkyl halides is 3. The number of amides is 1. The lowest BCUT2D eigenvalue weighted by molar-refractivity contribution is -0.137. The molecule has 1 heterocycles. The molecule has 0 saturated heterocycles. The summed E-state index contributed by atoms with van der Waals surface area (Å²) in [6.07, 6.45) is -4.37. The molecule has 1 aromatic carbocycles. The molecule has 84 valence electrons. The van der Waals surface area contributed by atoms with E-state index in [4.69, 9.17) is 0 Å². The minimum Gasteiger partial charge on any atom is -0.273 e. The Morgan fingerprint density at radius 3 is 2.62 bits per heavy atom. The van der Waals surface area contributed by atoms with Crippen molar-refractivity contribution >= 4 is 11.6 Å². The minimum absolute atomic E-state index is 0.0152. The summed E-state index contributed by atoms with van der Waals surface area (Å²) in [5.74, 6) is -0.313. The molecule has 1 N–H and O–H groups in total. The van der Waals surface area contributed by atoms with Gasteiger partial charge in [0.25, 0.3) is 0 Å². The van der Waals surface area contributed by atoms with Crippen LogP contribution < -0.4 is 5.43 Å². The molecule has 0 radical (unpaired) electrons. The van der Waals surface area contributed by atoms with Crippen molar-refractivity contribution in [2.24, 2.45) is 5.10 Å². The van der Waals surface area contributed by atoms with Crippen molar-refractivity contribution in [1.29, 1.82) is 0 Å². The number of benzene rings is 1. The van der Waals surface area contributed by atoms with Crippen molar-refractivity contribution in [3.8, 4) is 0 Å². The molecule has 0 atom stereocenters. The van der Waals surface area contributed by atoms with Crippen LogP contribution in [0, 0.1) is 0 Å². The standard InChI is InChI=1S/C10H7F3N2O/c11-10(12,13)7-3-1-2-6(4-7)8-5-9(16)15-14-8/h1-4H,5H2,(H,15,16). The number of nitrogens with zero attached hydrogens (tertiary/aromatic N) is 1. The number of hydrogen-bond acceptors (Lipinski definition) is 2. The van der Waals surface area contributed by atoms with Crippen LogP contribution in [0.1, 0.15) is 17.5 Å². The summed E-state index contributed by atoms with van der Waals surface area (Å²) in [6, 6.07) is 4.76. The summed E-state index contributed by atoms with van der Waals surface area (Å²) in [5, 5.41) is 3.66. The van der Waals surface area contributed by atoms with Gasteiger partial charge in [0.15, 0.2) is 0 Å². The van der Waals surface area contributed by atoms with Crippen molar-refractivity contribution in [2.75, 3.05) is 0 Å². The average Bonchev–Trinajstić information content (AvgIpc) is 2.64. The molecule has 0 fully saturated rings. The van der Waals surface area contributed by atoms with Crippen LogP contribution >= 0.6 is 0 Å². The van der Waals surface area contributed by atoms with Gasteiger partial charge in [-0.1, -0.05) is 12.1 Å². The molecule has 2 rings (SSSR count). The first-order valence-corrected chi connectivity index (χ1v) is 4.50. The minimum atomic E-state index is -4.38. The van der Waals surface area contributed by atoms with Gasteiger partial charge in [0, 0.05) is 0 Å². The van der Waals surface area contributed by atoms with Crippen LogP contribution in [0.4, 0.5) is 13.2 Å². The van der Waals surface area contributed by atoms with Crippen LogP contribution in [0.2, 0.25) is 0 Å². The van der Waals surface area contributed by atoms with Gasteiger partial charge in [0.1, 0.15) is 0 Å². The first kappa shape index (κ1) is 10.7. The van der Waals surface area contributed by atoms with Gasteiger partial charge in [-0.2, -0.15) is 18.3 Å². The van der Waals surface area contributed by atoms with Crippen LogP contribution in [0.3, 0.4) is 0 Å². The van der Waals surface area contributed by atoms with E-state index in [1.54, 1.807) is 0 Å². The van der Waals surface area contributed by atoms with E-state index in [1.807, 2.05) is 0 Å². The van der Waals surface area contributed by atoms with Crippen LogP contribution in [-0.4, -0.2) is 11.6 Å². The van der Waals surface area contributed by atoms with Crippen LogP contribution in [-0.2, 0) is 11.0 Å². The monoisotopic (exact) mass is 228 g/mol. The predicted molar refractivity (Wildman–Crippen MR) is 50.7 cm³/mol. The Labute approximate surface area is 89.0 Å². The molecule has 16 heavy (non-hydrogen) atoms. The third kappa shape index (κ3) is 2.05. The lowest BCUT2D eigenvalue weighted by Crippen LogP contribution is -2.09. The highest BCUT2D eigenvalue weighted by Crippen LogP contribution is 2.29. The highest BCUT2D eigenvalue weighted by Gasteiger charge is 2.31. The van der Waals surface area contributed by atoms with Gasteiger partial charge < -0.3 is 0 Å². The lowest BCUT2D eigenvalue weighted by atomic mass is 10.0. The Hall–Kier alpha value is -1.85. The number of hydrazone groups is 1. The Kier molecular flexibility index (Phi) is 2.41.